The molecular weight excluding hydrogens is 394 g/mol. The number of carbonyl (C=O) groups excluding carboxylic acids is 1. The second-order valence-corrected chi connectivity index (χ2v) is 7.68. The van der Waals surface area contributed by atoms with Gasteiger partial charge in [-0.25, -0.2) is 4.98 Å². The Labute approximate surface area is 182 Å². The fourth-order valence-electron chi connectivity index (χ4n) is 2.79. The first-order valence-corrected chi connectivity index (χ1v) is 10.1. The third kappa shape index (κ3) is 5.98. The number of anilines is 3. The van der Waals surface area contributed by atoms with Gasteiger partial charge in [0.1, 0.15) is 5.69 Å². The molecular formula is C21H29N9O. The number of rotatable bonds is 9. The monoisotopic (exact) mass is 423 g/mol. The normalized spacial score (nSPS) is 11.1. The first kappa shape index (κ1) is 22.2. The molecule has 0 aliphatic heterocycles. The SMILES string of the molecule is CC(C)NC(=O)c1cnc(Nc2nc(NCCN(C)C)nc(-c3ccccc3)n2)n1C. The van der Waals surface area contributed by atoms with E-state index >= 15 is 0 Å². The van der Waals surface area contributed by atoms with E-state index in [4.69, 9.17) is 0 Å². The van der Waals surface area contributed by atoms with E-state index in [2.05, 4.69) is 40.8 Å². The Bertz CT molecular complexity index is 1010. The van der Waals surface area contributed by atoms with Gasteiger partial charge in [-0.05, 0) is 27.9 Å². The van der Waals surface area contributed by atoms with Gasteiger partial charge in [-0.15, -0.1) is 0 Å². The van der Waals surface area contributed by atoms with Gasteiger partial charge in [0.2, 0.25) is 17.8 Å². The molecule has 0 atom stereocenters. The number of hydrogen-bond acceptors (Lipinski definition) is 8. The smallest absolute Gasteiger partial charge is 0.269 e. The number of carbonyl (C=O) groups is 1. The van der Waals surface area contributed by atoms with E-state index in [0.717, 1.165) is 12.1 Å². The summed E-state index contributed by atoms with van der Waals surface area (Å²) in [6, 6.07) is 9.73. The second-order valence-electron chi connectivity index (χ2n) is 7.68. The van der Waals surface area contributed by atoms with Crippen molar-refractivity contribution < 1.29 is 4.79 Å². The van der Waals surface area contributed by atoms with Crippen LogP contribution < -0.4 is 16.0 Å². The highest BCUT2D eigenvalue weighted by Gasteiger charge is 2.16. The lowest BCUT2D eigenvalue weighted by molar-refractivity contribution is 0.0935. The Kier molecular flexibility index (Phi) is 7.14. The molecule has 0 fully saturated rings. The molecule has 0 radical (unpaired) electrons. The van der Waals surface area contributed by atoms with Crippen molar-refractivity contribution in [3.63, 3.8) is 0 Å². The number of hydrogen-bond donors (Lipinski definition) is 3. The number of likely N-dealkylation sites (N-methyl/N-ethyl adjacent to an activating group) is 1. The lowest BCUT2D eigenvalue weighted by Gasteiger charge is -2.13. The molecule has 0 aliphatic rings. The lowest BCUT2D eigenvalue weighted by atomic mass is 10.2. The fourth-order valence-corrected chi connectivity index (χ4v) is 2.79. The molecule has 2 aromatic heterocycles. The van der Waals surface area contributed by atoms with Crippen molar-refractivity contribution >= 4 is 23.8 Å². The maximum atomic E-state index is 12.4. The van der Waals surface area contributed by atoms with E-state index in [1.54, 1.807) is 11.6 Å². The highest BCUT2D eigenvalue weighted by molar-refractivity contribution is 5.93. The summed E-state index contributed by atoms with van der Waals surface area (Å²) in [5, 5.41) is 9.21. The molecule has 0 spiro atoms. The molecule has 0 saturated carbocycles. The summed E-state index contributed by atoms with van der Waals surface area (Å²) >= 11 is 0. The highest BCUT2D eigenvalue weighted by atomic mass is 16.2. The third-order valence-electron chi connectivity index (χ3n) is 4.37. The van der Waals surface area contributed by atoms with Gasteiger partial charge in [-0.1, -0.05) is 30.3 Å². The molecule has 3 rings (SSSR count). The van der Waals surface area contributed by atoms with Crippen LogP contribution >= 0.6 is 0 Å². The van der Waals surface area contributed by atoms with Crippen molar-refractivity contribution in [3.05, 3.63) is 42.2 Å². The number of amides is 1. The van der Waals surface area contributed by atoms with Gasteiger partial charge in [-0.3, -0.25) is 10.1 Å². The first-order valence-electron chi connectivity index (χ1n) is 10.1. The van der Waals surface area contributed by atoms with Crippen molar-refractivity contribution in [2.75, 3.05) is 37.8 Å². The lowest BCUT2D eigenvalue weighted by Crippen LogP contribution is -2.31. The Morgan fingerprint density at radius 1 is 1.10 bits per heavy atom. The molecule has 1 aromatic carbocycles. The summed E-state index contributed by atoms with van der Waals surface area (Å²) in [4.78, 5) is 32.3. The Hall–Kier alpha value is -3.53. The van der Waals surface area contributed by atoms with Crippen molar-refractivity contribution in [3.8, 4) is 11.4 Å². The molecule has 0 saturated heterocycles. The van der Waals surface area contributed by atoms with Crippen molar-refractivity contribution in [1.29, 1.82) is 0 Å². The number of nitrogens with zero attached hydrogens (tertiary/aromatic N) is 6. The van der Waals surface area contributed by atoms with Crippen molar-refractivity contribution in [1.82, 2.24) is 34.7 Å². The van der Waals surface area contributed by atoms with Gasteiger partial charge in [0.05, 0.1) is 6.20 Å². The van der Waals surface area contributed by atoms with Gasteiger partial charge >= 0.3 is 0 Å². The molecule has 1 amide bonds. The zero-order valence-corrected chi connectivity index (χ0v) is 18.5. The highest BCUT2D eigenvalue weighted by Crippen LogP contribution is 2.20. The van der Waals surface area contributed by atoms with Gasteiger partial charge in [0.25, 0.3) is 5.91 Å². The van der Waals surface area contributed by atoms with E-state index in [9.17, 15) is 4.79 Å². The van der Waals surface area contributed by atoms with E-state index in [-0.39, 0.29) is 11.9 Å². The van der Waals surface area contributed by atoms with Gasteiger partial charge in [-0.2, -0.15) is 15.0 Å². The summed E-state index contributed by atoms with van der Waals surface area (Å²) in [6.45, 7) is 5.35. The molecule has 0 aliphatic carbocycles. The molecule has 10 heteroatoms. The maximum Gasteiger partial charge on any atom is 0.269 e. The molecule has 2 heterocycles. The summed E-state index contributed by atoms with van der Waals surface area (Å²) in [5.41, 5.74) is 1.32. The molecule has 31 heavy (non-hydrogen) atoms. The zero-order valence-electron chi connectivity index (χ0n) is 18.5. The minimum absolute atomic E-state index is 0.0339. The van der Waals surface area contributed by atoms with Crippen LogP contribution in [0.2, 0.25) is 0 Å². The van der Waals surface area contributed by atoms with Crippen LogP contribution in [0.3, 0.4) is 0 Å². The average Bonchev–Trinajstić information content (AvgIpc) is 3.08. The van der Waals surface area contributed by atoms with Crippen LogP contribution in [0.1, 0.15) is 24.3 Å². The Morgan fingerprint density at radius 3 is 2.48 bits per heavy atom. The Morgan fingerprint density at radius 2 is 1.81 bits per heavy atom. The minimum atomic E-state index is -0.190. The van der Waals surface area contributed by atoms with E-state index < -0.39 is 0 Å². The molecule has 3 N–H and O–H groups in total. The number of benzene rings is 1. The predicted octanol–water partition coefficient (Wildman–Crippen LogP) is 2.13. The van der Waals surface area contributed by atoms with Crippen LogP contribution in [0.5, 0.6) is 0 Å². The fraction of sp³-hybridized carbons (Fsp3) is 0.381. The zero-order chi connectivity index (χ0) is 22.4. The Balaban J connectivity index is 1.88. The van der Waals surface area contributed by atoms with Crippen LogP contribution in [0, 0.1) is 0 Å². The third-order valence-corrected chi connectivity index (χ3v) is 4.37. The molecule has 3 aromatic rings. The van der Waals surface area contributed by atoms with Crippen LogP contribution in [-0.4, -0.2) is 68.5 Å². The van der Waals surface area contributed by atoms with Crippen molar-refractivity contribution in [2.45, 2.75) is 19.9 Å². The molecule has 10 nitrogen and oxygen atoms in total. The number of imidazole rings is 1. The quantitative estimate of drug-likeness (QED) is 0.480. The van der Waals surface area contributed by atoms with Crippen LogP contribution in [0.25, 0.3) is 11.4 Å². The van der Waals surface area contributed by atoms with E-state index in [0.29, 0.717) is 35.9 Å². The van der Waals surface area contributed by atoms with Crippen LogP contribution in [0.4, 0.5) is 17.8 Å². The first-order chi connectivity index (χ1) is 14.8. The topological polar surface area (TPSA) is 113 Å². The van der Waals surface area contributed by atoms with E-state index in [1.165, 1.54) is 6.20 Å². The summed E-state index contributed by atoms with van der Waals surface area (Å²) in [7, 11) is 5.78. The molecule has 0 bridgehead atoms. The number of nitrogens with one attached hydrogen (secondary N) is 3. The summed E-state index contributed by atoms with van der Waals surface area (Å²) in [5.74, 6) is 1.61. The summed E-state index contributed by atoms with van der Waals surface area (Å²) in [6.07, 6.45) is 1.52. The van der Waals surface area contributed by atoms with Gasteiger partial charge in [0.15, 0.2) is 5.82 Å². The summed E-state index contributed by atoms with van der Waals surface area (Å²) < 4.78 is 1.67. The molecule has 164 valence electrons. The molecule has 0 unspecified atom stereocenters. The second kappa shape index (κ2) is 9.98. The van der Waals surface area contributed by atoms with Crippen LogP contribution in [-0.2, 0) is 7.05 Å². The largest absolute Gasteiger partial charge is 0.353 e. The minimum Gasteiger partial charge on any atom is -0.353 e. The maximum absolute atomic E-state index is 12.4. The predicted molar refractivity (Wildman–Crippen MR) is 121 cm³/mol. The van der Waals surface area contributed by atoms with Gasteiger partial charge < -0.3 is 20.1 Å². The van der Waals surface area contributed by atoms with Crippen molar-refractivity contribution in [2.24, 2.45) is 7.05 Å². The average molecular weight is 424 g/mol. The van der Waals surface area contributed by atoms with Gasteiger partial charge in [0, 0.05) is 31.7 Å². The standard InChI is InChI=1S/C21H29N9O/c1-14(2)24-18(31)16-13-23-21(30(16)5)28-20-26-17(15-9-7-6-8-10-15)25-19(27-20)22-11-12-29(3)4/h6-10,13-14H,11-12H2,1-5H3,(H,24,31)(H2,22,23,25,26,27,28). The van der Waals surface area contributed by atoms with Crippen LogP contribution in [0.15, 0.2) is 36.5 Å². The van der Waals surface area contributed by atoms with E-state index in [1.807, 2.05) is 58.3 Å². The number of aromatic nitrogens is 5.